The molecule has 0 spiro atoms. The summed E-state index contributed by atoms with van der Waals surface area (Å²) in [6, 6.07) is 8.03. The number of fused-ring (bicyclic) bond motifs is 1. The first-order chi connectivity index (χ1) is 12.3. The van der Waals surface area contributed by atoms with Crippen molar-refractivity contribution in [1.82, 2.24) is 19.7 Å². The maximum atomic E-state index is 6.17. The number of aryl methyl sites for hydroxylation is 1. The largest absolute Gasteiger partial charge is 0.494 e. The second kappa shape index (κ2) is 5.89. The third-order valence-corrected chi connectivity index (χ3v) is 5.37. The van der Waals surface area contributed by atoms with Gasteiger partial charge in [0.05, 0.1) is 22.9 Å². The minimum Gasteiger partial charge on any atom is -0.399 e. The lowest BCUT2D eigenvalue weighted by Gasteiger charge is -2.32. The maximum Gasteiger partial charge on any atom is 0.494 e. The summed E-state index contributed by atoms with van der Waals surface area (Å²) in [6.45, 7) is 10.3. The van der Waals surface area contributed by atoms with E-state index in [-0.39, 0.29) is 11.2 Å². The van der Waals surface area contributed by atoms with Crippen LogP contribution in [0.15, 0.2) is 36.7 Å². The van der Waals surface area contributed by atoms with Crippen molar-refractivity contribution >= 4 is 23.5 Å². The minimum absolute atomic E-state index is 0.370. The lowest BCUT2D eigenvalue weighted by atomic mass is 9.79. The van der Waals surface area contributed by atoms with Gasteiger partial charge in [-0.15, -0.1) is 0 Å². The van der Waals surface area contributed by atoms with Gasteiger partial charge in [0, 0.05) is 17.3 Å². The van der Waals surface area contributed by atoms with E-state index in [1.165, 1.54) is 0 Å². The first-order valence-electron chi connectivity index (χ1n) is 8.96. The molecule has 134 valence electrons. The van der Waals surface area contributed by atoms with Crippen LogP contribution in [0.1, 0.15) is 40.3 Å². The third kappa shape index (κ3) is 2.71. The average Bonchev–Trinajstić information content (AvgIpc) is 3.12. The fourth-order valence-corrected chi connectivity index (χ4v) is 3.00. The van der Waals surface area contributed by atoms with Crippen LogP contribution in [0.3, 0.4) is 0 Å². The highest BCUT2D eigenvalue weighted by atomic mass is 16.7. The topological polar surface area (TPSA) is 62.1 Å². The normalized spacial score (nSPS) is 18.6. The summed E-state index contributed by atoms with van der Waals surface area (Å²) in [7, 11) is -0.407. The number of rotatable bonds is 3. The summed E-state index contributed by atoms with van der Waals surface area (Å²) in [5.74, 6) is 0.574. The zero-order valence-electron chi connectivity index (χ0n) is 15.9. The van der Waals surface area contributed by atoms with E-state index in [1.807, 2.05) is 30.5 Å². The molecule has 6 nitrogen and oxygen atoms in total. The molecule has 0 N–H and O–H groups in total. The molecule has 3 heterocycles. The van der Waals surface area contributed by atoms with Crippen molar-refractivity contribution in [3.8, 4) is 5.95 Å². The van der Waals surface area contributed by atoms with E-state index >= 15 is 0 Å². The van der Waals surface area contributed by atoms with Crippen molar-refractivity contribution in [2.45, 2.75) is 52.2 Å². The Morgan fingerprint density at radius 1 is 1.08 bits per heavy atom. The molecule has 1 aliphatic rings. The van der Waals surface area contributed by atoms with Crippen molar-refractivity contribution < 1.29 is 9.31 Å². The maximum absolute atomic E-state index is 6.17. The number of nitrogens with zero attached hydrogens (tertiary/aromatic N) is 4. The van der Waals surface area contributed by atoms with E-state index in [4.69, 9.17) is 9.31 Å². The van der Waals surface area contributed by atoms with E-state index in [1.54, 1.807) is 10.9 Å². The zero-order chi connectivity index (χ0) is 18.5. The van der Waals surface area contributed by atoms with Crippen LogP contribution in [0.4, 0.5) is 0 Å². The molecule has 1 fully saturated rings. The lowest BCUT2D eigenvalue weighted by Crippen LogP contribution is -2.41. The molecule has 2 aromatic heterocycles. The molecule has 3 aromatic rings. The summed E-state index contributed by atoms with van der Waals surface area (Å²) in [5, 5.41) is 5.50. The summed E-state index contributed by atoms with van der Waals surface area (Å²) in [5.41, 5.74) is 2.15. The van der Waals surface area contributed by atoms with Gasteiger partial charge in [-0.05, 0) is 51.7 Å². The van der Waals surface area contributed by atoms with Crippen LogP contribution in [0.25, 0.3) is 16.9 Å². The second-order valence-electron chi connectivity index (χ2n) is 7.66. The highest BCUT2D eigenvalue weighted by molar-refractivity contribution is 6.62. The van der Waals surface area contributed by atoms with Gasteiger partial charge in [0.2, 0.25) is 0 Å². The monoisotopic (exact) mass is 350 g/mol. The molecule has 0 aliphatic carbocycles. The van der Waals surface area contributed by atoms with Gasteiger partial charge in [-0.3, -0.25) is 0 Å². The fourth-order valence-electron chi connectivity index (χ4n) is 3.00. The van der Waals surface area contributed by atoms with E-state index in [2.05, 4.69) is 49.7 Å². The Morgan fingerprint density at radius 3 is 2.50 bits per heavy atom. The number of hydrogen-bond acceptors (Lipinski definition) is 5. The van der Waals surface area contributed by atoms with Crippen LogP contribution in [0, 0.1) is 0 Å². The van der Waals surface area contributed by atoms with Gasteiger partial charge in [0.25, 0.3) is 5.95 Å². The first-order valence-corrected chi connectivity index (χ1v) is 8.96. The standard InChI is InChI=1S/C19H23BN4O2/c1-6-15-9-10-21-17(23-15)24-16-11-14(8-7-13(16)12-22-24)20-25-18(2,3)19(4,5)26-20/h7-12H,6H2,1-5H3. The third-order valence-electron chi connectivity index (χ3n) is 5.37. The predicted octanol–water partition coefficient (Wildman–Crippen LogP) is 2.68. The van der Waals surface area contributed by atoms with Gasteiger partial charge >= 0.3 is 7.12 Å². The van der Waals surface area contributed by atoms with E-state index in [9.17, 15) is 0 Å². The Balaban J connectivity index is 1.76. The highest BCUT2D eigenvalue weighted by Gasteiger charge is 2.51. The van der Waals surface area contributed by atoms with Crippen LogP contribution < -0.4 is 5.46 Å². The predicted molar refractivity (Wildman–Crippen MR) is 102 cm³/mol. The van der Waals surface area contributed by atoms with E-state index in [0.717, 1.165) is 28.5 Å². The zero-order valence-corrected chi connectivity index (χ0v) is 15.9. The summed E-state index contributed by atoms with van der Waals surface area (Å²) >= 11 is 0. The van der Waals surface area contributed by atoms with Crippen molar-refractivity contribution in [2.75, 3.05) is 0 Å². The van der Waals surface area contributed by atoms with Crippen LogP contribution in [-0.2, 0) is 15.7 Å². The summed E-state index contributed by atoms with van der Waals surface area (Å²) < 4.78 is 14.1. The van der Waals surface area contributed by atoms with Gasteiger partial charge in [-0.2, -0.15) is 9.78 Å². The molecule has 7 heteroatoms. The number of aromatic nitrogens is 4. The van der Waals surface area contributed by atoms with Crippen LogP contribution in [0.5, 0.6) is 0 Å². The molecule has 0 atom stereocenters. The van der Waals surface area contributed by atoms with Gasteiger partial charge in [-0.1, -0.05) is 19.1 Å². The van der Waals surface area contributed by atoms with Crippen molar-refractivity contribution in [1.29, 1.82) is 0 Å². The molecule has 4 rings (SSSR count). The number of hydrogen-bond donors (Lipinski definition) is 0. The SMILES string of the molecule is CCc1ccnc(-n2ncc3ccc(B4OC(C)(C)C(C)(C)O4)cc32)n1. The summed E-state index contributed by atoms with van der Waals surface area (Å²) in [6.07, 6.45) is 4.45. The van der Waals surface area contributed by atoms with E-state index in [0.29, 0.717) is 5.95 Å². The molecule has 0 bridgehead atoms. The van der Waals surface area contributed by atoms with E-state index < -0.39 is 7.12 Å². The molecule has 1 saturated heterocycles. The first kappa shape index (κ1) is 17.2. The van der Waals surface area contributed by atoms with Crippen LogP contribution in [-0.4, -0.2) is 38.1 Å². The Kier molecular flexibility index (Phi) is 3.89. The minimum atomic E-state index is -0.407. The van der Waals surface area contributed by atoms with Gasteiger partial charge in [0.1, 0.15) is 0 Å². The lowest BCUT2D eigenvalue weighted by molar-refractivity contribution is 0.00578. The Morgan fingerprint density at radius 2 is 1.81 bits per heavy atom. The van der Waals surface area contributed by atoms with Crippen molar-refractivity contribution in [2.24, 2.45) is 0 Å². The molecule has 0 radical (unpaired) electrons. The molecule has 0 amide bonds. The molecule has 26 heavy (non-hydrogen) atoms. The summed E-state index contributed by atoms with van der Waals surface area (Å²) in [4.78, 5) is 8.96. The molecular formula is C19H23BN4O2. The smallest absolute Gasteiger partial charge is 0.399 e. The molecule has 1 aliphatic heterocycles. The Bertz CT molecular complexity index is 951. The molecule has 0 unspecified atom stereocenters. The van der Waals surface area contributed by atoms with Crippen molar-refractivity contribution in [3.63, 3.8) is 0 Å². The van der Waals surface area contributed by atoms with Gasteiger partial charge < -0.3 is 9.31 Å². The molecule has 1 aromatic carbocycles. The molecular weight excluding hydrogens is 327 g/mol. The van der Waals surface area contributed by atoms with Crippen molar-refractivity contribution in [3.05, 3.63) is 42.4 Å². The second-order valence-corrected chi connectivity index (χ2v) is 7.66. The Labute approximate surface area is 153 Å². The fraction of sp³-hybridized carbons (Fsp3) is 0.421. The highest BCUT2D eigenvalue weighted by Crippen LogP contribution is 2.36. The van der Waals surface area contributed by atoms with Gasteiger partial charge in [-0.25, -0.2) is 9.97 Å². The Hall–Kier alpha value is -2.25. The average molecular weight is 350 g/mol. The quantitative estimate of drug-likeness (QED) is 0.680. The number of benzene rings is 1. The van der Waals surface area contributed by atoms with Crippen LogP contribution >= 0.6 is 0 Å². The van der Waals surface area contributed by atoms with Gasteiger partial charge in [0.15, 0.2) is 0 Å². The molecule has 0 saturated carbocycles. The van der Waals surface area contributed by atoms with Crippen LogP contribution in [0.2, 0.25) is 0 Å².